The molecule has 0 aliphatic heterocycles. The number of hydrogen-bond donors (Lipinski definition) is 2. The van der Waals surface area contributed by atoms with Crippen molar-refractivity contribution in [1.82, 2.24) is 10.3 Å². The van der Waals surface area contributed by atoms with Crippen molar-refractivity contribution in [3.63, 3.8) is 0 Å². The van der Waals surface area contributed by atoms with Crippen LogP contribution in [0.4, 0.5) is 0 Å². The number of carbonyl (C=O) groups is 1. The summed E-state index contributed by atoms with van der Waals surface area (Å²) >= 11 is 0. The monoisotopic (exact) mass is 272 g/mol. The predicted octanol–water partition coefficient (Wildman–Crippen LogP) is 2.61. The van der Waals surface area contributed by atoms with Crippen LogP contribution in [0, 0.1) is 13.8 Å². The summed E-state index contributed by atoms with van der Waals surface area (Å²) in [4.78, 5) is 15.2. The number of methoxy groups -OCH3 is 1. The quantitative estimate of drug-likeness (QED) is 0.879. The molecule has 2 aromatic rings. The van der Waals surface area contributed by atoms with Crippen molar-refractivity contribution in [3.8, 4) is 5.75 Å². The van der Waals surface area contributed by atoms with E-state index in [4.69, 9.17) is 4.74 Å². The minimum atomic E-state index is -0.0326. The number of rotatable bonds is 5. The van der Waals surface area contributed by atoms with Crippen molar-refractivity contribution in [3.05, 3.63) is 52.8 Å². The van der Waals surface area contributed by atoms with E-state index in [2.05, 4.69) is 10.3 Å². The smallest absolute Gasteiger partial charge is 0.253 e. The molecule has 0 fully saturated rings. The molecular weight excluding hydrogens is 252 g/mol. The van der Waals surface area contributed by atoms with Crippen molar-refractivity contribution in [2.45, 2.75) is 20.3 Å². The zero-order valence-corrected chi connectivity index (χ0v) is 12.1. The lowest BCUT2D eigenvalue weighted by molar-refractivity contribution is 0.0953. The summed E-state index contributed by atoms with van der Waals surface area (Å²) in [7, 11) is 1.65. The van der Waals surface area contributed by atoms with Gasteiger partial charge in [-0.1, -0.05) is 12.1 Å². The van der Waals surface area contributed by atoms with Crippen LogP contribution in [0.25, 0.3) is 0 Å². The number of aromatic amines is 1. The maximum Gasteiger partial charge on any atom is 0.253 e. The van der Waals surface area contributed by atoms with Crippen molar-refractivity contribution >= 4 is 5.91 Å². The third-order valence-electron chi connectivity index (χ3n) is 3.23. The molecule has 0 aliphatic rings. The minimum Gasteiger partial charge on any atom is -0.497 e. The average Bonchev–Trinajstić information content (AvgIpc) is 2.78. The molecule has 1 aromatic heterocycles. The molecule has 1 aromatic carbocycles. The Kier molecular flexibility index (Phi) is 4.45. The highest BCUT2D eigenvalue weighted by Gasteiger charge is 2.10. The van der Waals surface area contributed by atoms with Gasteiger partial charge in [-0.3, -0.25) is 4.79 Å². The molecule has 0 bridgehead atoms. The number of benzene rings is 1. The summed E-state index contributed by atoms with van der Waals surface area (Å²) < 4.78 is 5.18. The molecule has 20 heavy (non-hydrogen) atoms. The maximum atomic E-state index is 12.0. The van der Waals surface area contributed by atoms with Gasteiger partial charge in [-0.15, -0.1) is 0 Å². The molecule has 0 spiro atoms. The van der Waals surface area contributed by atoms with E-state index < -0.39 is 0 Å². The zero-order chi connectivity index (χ0) is 14.5. The Labute approximate surface area is 119 Å². The molecule has 2 N–H and O–H groups in total. The van der Waals surface area contributed by atoms with Gasteiger partial charge in [-0.25, -0.2) is 0 Å². The SMILES string of the molecule is COc1cccc(CCNC(=O)c2cc(C)[nH]c2C)c1. The molecule has 0 aliphatic carbocycles. The maximum absolute atomic E-state index is 12.0. The molecule has 2 rings (SSSR count). The highest BCUT2D eigenvalue weighted by molar-refractivity contribution is 5.95. The van der Waals surface area contributed by atoms with Crippen LogP contribution in [-0.4, -0.2) is 24.5 Å². The van der Waals surface area contributed by atoms with Gasteiger partial charge in [-0.2, -0.15) is 0 Å². The molecule has 1 heterocycles. The van der Waals surface area contributed by atoms with Gasteiger partial charge in [0, 0.05) is 17.9 Å². The standard InChI is InChI=1S/C16H20N2O2/c1-11-9-15(12(2)18-11)16(19)17-8-7-13-5-4-6-14(10-13)20-3/h4-6,9-10,18H,7-8H2,1-3H3,(H,17,19). The number of aryl methyl sites for hydroxylation is 2. The van der Waals surface area contributed by atoms with Crippen LogP contribution >= 0.6 is 0 Å². The Hall–Kier alpha value is -2.23. The minimum absolute atomic E-state index is 0.0326. The number of H-pyrrole nitrogens is 1. The van der Waals surface area contributed by atoms with Gasteiger partial charge in [0.2, 0.25) is 0 Å². The van der Waals surface area contributed by atoms with Gasteiger partial charge < -0.3 is 15.0 Å². The number of ether oxygens (including phenoxy) is 1. The zero-order valence-electron chi connectivity index (χ0n) is 12.1. The summed E-state index contributed by atoms with van der Waals surface area (Å²) in [5, 5.41) is 2.94. The van der Waals surface area contributed by atoms with Gasteiger partial charge in [0.15, 0.2) is 0 Å². The largest absolute Gasteiger partial charge is 0.497 e. The third kappa shape index (κ3) is 3.41. The van der Waals surface area contributed by atoms with E-state index in [1.54, 1.807) is 7.11 Å². The van der Waals surface area contributed by atoms with Crippen LogP contribution in [0.2, 0.25) is 0 Å². The van der Waals surface area contributed by atoms with E-state index >= 15 is 0 Å². The molecule has 0 saturated carbocycles. The van der Waals surface area contributed by atoms with Crippen LogP contribution in [-0.2, 0) is 6.42 Å². The van der Waals surface area contributed by atoms with E-state index in [9.17, 15) is 4.79 Å². The molecule has 1 amide bonds. The second-order valence-corrected chi connectivity index (χ2v) is 4.85. The predicted molar refractivity (Wildman–Crippen MR) is 79.3 cm³/mol. The van der Waals surface area contributed by atoms with Gasteiger partial charge in [0.05, 0.1) is 12.7 Å². The molecule has 0 saturated heterocycles. The Morgan fingerprint density at radius 2 is 2.10 bits per heavy atom. The van der Waals surface area contributed by atoms with Crippen LogP contribution in [0.3, 0.4) is 0 Å². The second-order valence-electron chi connectivity index (χ2n) is 4.85. The highest BCUT2D eigenvalue weighted by Crippen LogP contribution is 2.13. The van der Waals surface area contributed by atoms with Gasteiger partial charge >= 0.3 is 0 Å². The van der Waals surface area contributed by atoms with Crippen molar-refractivity contribution in [2.24, 2.45) is 0 Å². The molecule has 0 atom stereocenters. The lowest BCUT2D eigenvalue weighted by Gasteiger charge is -2.06. The molecule has 4 heteroatoms. The van der Waals surface area contributed by atoms with Gasteiger partial charge in [-0.05, 0) is 44.0 Å². The highest BCUT2D eigenvalue weighted by atomic mass is 16.5. The summed E-state index contributed by atoms with van der Waals surface area (Å²) in [6.07, 6.45) is 0.783. The van der Waals surface area contributed by atoms with Crippen LogP contribution < -0.4 is 10.1 Å². The lowest BCUT2D eigenvalue weighted by atomic mass is 10.1. The number of amides is 1. The Morgan fingerprint density at radius 1 is 1.30 bits per heavy atom. The lowest BCUT2D eigenvalue weighted by Crippen LogP contribution is -2.25. The third-order valence-corrected chi connectivity index (χ3v) is 3.23. The summed E-state index contributed by atoms with van der Waals surface area (Å²) in [5.74, 6) is 0.806. The molecular formula is C16H20N2O2. The number of carbonyl (C=O) groups excluding carboxylic acids is 1. The Morgan fingerprint density at radius 3 is 2.75 bits per heavy atom. The Balaban J connectivity index is 1.89. The molecule has 106 valence electrons. The van der Waals surface area contributed by atoms with E-state index in [1.165, 1.54) is 0 Å². The molecule has 0 unspecified atom stereocenters. The van der Waals surface area contributed by atoms with Crippen molar-refractivity contribution < 1.29 is 9.53 Å². The molecule has 4 nitrogen and oxygen atoms in total. The number of nitrogens with one attached hydrogen (secondary N) is 2. The first-order chi connectivity index (χ1) is 9.60. The first kappa shape index (κ1) is 14.2. The topological polar surface area (TPSA) is 54.1 Å². The fourth-order valence-corrected chi connectivity index (χ4v) is 2.20. The van der Waals surface area contributed by atoms with Gasteiger partial charge in [0.25, 0.3) is 5.91 Å². The van der Waals surface area contributed by atoms with Crippen LogP contribution in [0.15, 0.2) is 30.3 Å². The first-order valence-corrected chi connectivity index (χ1v) is 6.67. The normalized spacial score (nSPS) is 10.3. The van der Waals surface area contributed by atoms with Crippen LogP contribution in [0.5, 0.6) is 5.75 Å². The van der Waals surface area contributed by atoms with Gasteiger partial charge in [0.1, 0.15) is 5.75 Å². The van der Waals surface area contributed by atoms with E-state index in [-0.39, 0.29) is 5.91 Å². The van der Waals surface area contributed by atoms with E-state index in [0.717, 1.165) is 29.1 Å². The first-order valence-electron chi connectivity index (χ1n) is 6.67. The number of aromatic nitrogens is 1. The van der Waals surface area contributed by atoms with E-state index in [1.807, 2.05) is 44.2 Å². The van der Waals surface area contributed by atoms with Crippen molar-refractivity contribution in [1.29, 1.82) is 0 Å². The number of hydrogen-bond acceptors (Lipinski definition) is 2. The second kappa shape index (κ2) is 6.28. The van der Waals surface area contributed by atoms with Crippen molar-refractivity contribution in [2.75, 3.05) is 13.7 Å². The summed E-state index contributed by atoms with van der Waals surface area (Å²) in [6, 6.07) is 9.75. The fourth-order valence-electron chi connectivity index (χ4n) is 2.20. The Bertz CT molecular complexity index is 602. The summed E-state index contributed by atoms with van der Waals surface area (Å²) in [5.41, 5.74) is 3.77. The average molecular weight is 272 g/mol. The fraction of sp³-hybridized carbons (Fsp3) is 0.312. The van der Waals surface area contributed by atoms with Crippen LogP contribution in [0.1, 0.15) is 27.3 Å². The van der Waals surface area contributed by atoms with E-state index in [0.29, 0.717) is 12.1 Å². The molecule has 0 radical (unpaired) electrons. The summed E-state index contributed by atoms with van der Waals surface area (Å²) in [6.45, 7) is 4.46.